The number of aryl methyl sites for hydroxylation is 2. The van der Waals surface area contributed by atoms with Crippen LogP contribution in [0.3, 0.4) is 0 Å². The number of alkyl carbamates (subject to hydrolysis) is 2. The number of nitrogens with one attached hydrogen (secondary N) is 2. The molecule has 2 aliphatic carbocycles. The highest BCUT2D eigenvalue weighted by Crippen LogP contribution is 2.33. The molecule has 10 nitrogen and oxygen atoms in total. The molecule has 10 heteroatoms. The van der Waals surface area contributed by atoms with Gasteiger partial charge in [-0.15, -0.1) is 0 Å². The van der Waals surface area contributed by atoms with Crippen LogP contribution in [0.5, 0.6) is 0 Å². The molecule has 0 bridgehead atoms. The van der Waals surface area contributed by atoms with Crippen LogP contribution in [0.15, 0.2) is 49.1 Å². The van der Waals surface area contributed by atoms with Crippen LogP contribution in [0.1, 0.15) is 109 Å². The van der Waals surface area contributed by atoms with E-state index in [0.717, 1.165) is 47.9 Å². The van der Waals surface area contributed by atoms with Crippen molar-refractivity contribution >= 4 is 24.1 Å². The number of amides is 2. The predicted octanol–water partition coefficient (Wildman–Crippen LogP) is 6.44. The van der Waals surface area contributed by atoms with Crippen molar-refractivity contribution in [1.29, 1.82) is 0 Å². The summed E-state index contributed by atoms with van der Waals surface area (Å²) < 4.78 is 15.6. The average Bonchev–Trinajstić information content (AvgIpc) is 3.48. The Kier molecular flexibility index (Phi) is 10.6. The van der Waals surface area contributed by atoms with Crippen molar-refractivity contribution in [1.82, 2.24) is 10.6 Å². The van der Waals surface area contributed by atoms with Gasteiger partial charge in [0.1, 0.15) is 17.8 Å². The molecule has 0 aliphatic heterocycles. The maximum Gasteiger partial charge on any atom is 0.408 e. The molecule has 232 valence electrons. The Morgan fingerprint density at radius 2 is 1.26 bits per heavy atom. The van der Waals surface area contributed by atoms with Crippen LogP contribution in [-0.4, -0.2) is 47.0 Å². The second-order valence-electron chi connectivity index (χ2n) is 12.5. The summed E-state index contributed by atoms with van der Waals surface area (Å²) in [5.41, 5.74) is 3.77. The number of carbonyl (C=O) groups excluding carboxylic acids is 3. The van der Waals surface area contributed by atoms with Gasteiger partial charge in [0.25, 0.3) is 0 Å². The number of esters is 1. The zero-order valence-electron chi connectivity index (χ0n) is 25.7. The third kappa shape index (κ3) is 9.87. The Balaban J connectivity index is 0.000000238. The van der Waals surface area contributed by atoms with E-state index in [1.165, 1.54) is 6.08 Å². The van der Waals surface area contributed by atoms with Gasteiger partial charge in [0, 0.05) is 0 Å². The lowest BCUT2D eigenvalue weighted by Crippen LogP contribution is -2.34. The van der Waals surface area contributed by atoms with E-state index in [4.69, 9.17) is 19.3 Å². The minimum absolute atomic E-state index is 0.0851. The first-order valence-corrected chi connectivity index (χ1v) is 14.3. The summed E-state index contributed by atoms with van der Waals surface area (Å²) in [5, 5.41) is 14.7. The van der Waals surface area contributed by atoms with E-state index in [0.29, 0.717) is 5.56 Å². The fourth-order valence-corrected chi connectivity index (χ4v) is 4.91. The van der Waals surface area contributed by atoms with E-state index in [1.54, 1.807) is 24.3 Å². The molecule has 0 radical (unpaired) electrons. The second kappa shape index (κ2) is 13.8. The number of hydrogen-bond donors (Lipinski definition) is 3. The highest BCUT2D eigenvalue weighted by atomic mass is 16.6. The molecule has 2 aromatic carbocycles. The topological polar surface area (TPSA) is 140 Å². The van der Waals surface area contributed by atoms with Crippen molar-refractivity contribution in [2.45, 2.75) is 90.5 Å². The molecule has 0 spiro atoms. The third-order valence-electron chi connectivity index (χ3n) is 6.64. The Bertz CT molecular complexity index is 1370. The number of carboxylic acid groups (broad SMARTS) is 1. The maximum atomic E-state index is 11.9. The van der Waals surface area contributed by atoms with Crippen LogP contribution < -0.4 is 10.6 Å². The van der Waals surface area contributed by atoms with Crippen molar-refractivity contribution in [3.8, 4) is 0 Å². The van der Waals surface area contributed by atoms with Crippen molar-refractivity contribution in [2.24, 2.45) is 0 Å². The quantitative estimate of drug-likeness (QED) is 0.197. The largest absolute Gasteiger partial charge is 0.478 e. The Labute approximate surface area is 252 Å². The molecule has 2 aromatic rings. The number of hydrogen-bond acceptors (Lipinski definition) is 7. The Morgan fingerprint density at radius 1 is 0.814 bits per heavy atom. The van der Waals surface area contributed by atoms with Gasteiger partial charge in [-0.1, -0.05) is 24.8 Å². The fourth-order valence-electron chi connectivity index (χ4n) is 4.91. The number of benzene rings is 2. The van der Waals surface area contributed by atoms with E-state index in [9.17, 15) is 19.2 Å². The number of rotatable bonds is 6. The van der Waals surface area contributed by atoms with Crippen molar-refractivity contribution in [2.75, 3.05) is 6.61 Å². The van der Waals surface area contributed by atoms with Gasteiger partial charge >= 0.3 is 24.1 Å². The summed E-state index contributed by atoms with van der Waals surface area (Å²) in [6, 6.07) is 10.2. The first kappa shape index (κ1) is 33.2. The van der Waals surface area contributed by atoms with Gasteiger partial charge in [0.15, 0.2) is 0 Å². The van der Waals surface area contributed by atoms with Crippen LogP contribution >= 0.6 is 0 Å². The maximum absolute atomic E-state index is 11.9. The molecule has 0 aromatic heterocycles. The zero-order valence-corrected chi connectivity index (χ0v) is 25.7. The van der Waals surface area contributed by atoms with Gasteiger partial charge < -0.3 is 30.0 Å². The van der Waals surface area contributed by atoms with Crippen molar-refractivity contribution < 1.29 is 38.5 Å². The Hall–Kier alpha value is -4.34. The molecule has 2 amide bonds. The van der Waals surface area contributed by atoms with Gasteiger partial charge in [-0.2, -0.15) is 0 Å². The van der Waals surface area contributed by atoms with Crippen molar-refractivity contribution in [3.63, 3.8) is 0 Å². The highest BCUT2D eigenvalue weighted by Gasteiger charge is 2.28. The number of carboxylic acids is 1. The van der Waals surface area contributed by atoms with E-state index in [-0.39, 0.29) is 30.2 Å². The summed E-state index contributed by atoms with van der Waals surface area (Å²) in [7, 11) is 0. The number of aromatic carboxylic acids is 1. The molecule has 4 rings (SSSR count). The lowest BCUT2D eigenvalue weighted by atomic mass is 10.0. The summed E-state index contributed by atoms with van der Waals surface area (Å²) in [5.74, 6) is -1.30. The zero-order chi connectivity index (χ0) is 31.9. The lowest BCUT2D eigenvalue weighted by Gasteiger charge is -2.22. The van der Waals surface area contributed by atoms with E-state index in [2.05, 4.69) is 17.2 Å². The summed E-state index contributed by atoms with van der Waals surface area (Å²) in [6.45, 7) is 14.6. The van der Waals surface area contributed by atoms with Crippen LogP contribution in [0.4, 0.5) is 9.59 Å². The molecular formula is C33H42N2O8. The van der Waals surface area contributed by atoms with Gasteiger partial charge in [0.05, 0.1) is 23.2 Å². The van der Waals surface area contributed by atoms with Gasteiger partial charge in [-0.3, -0.25) is 0 Å². The molecular weight excluding hydrogens is 552 g/mol. The monoisotopic (exact) mass is 594 g/mol. The minimum atomic E-state index is -0.934. The van der Waals surface area contributed by atoms with Crippen LogP contribution in [0, 0.1) is 0 Å². The van der Waals surface area contributed by atoms with E-state index < -0.39 is 29.4 Å². The molecule has 43 heavy (non-hydrogen) atoms. The van der Waals surface area contributed by atoms with Gasteiger partial charge in [-0.05, 0) is 114 Å². The number of fused-ring (bicyclic) bond motifs is 2. The van der Waals surface area contributed by atoms with Gasteiger partial charge in [0.2, 0.25) is 0 Å². The number of carbonyl (C=O) groups is 4. The average molecular weight is 595 g/mol. The molecule has 3 N–H and O–H groups in total. The summed E-state index contributed by atoms with van der Waals surface area (Å²) in [4.78, 5) is 46.5. The first-order valence-electron chi connectivity index (χ1n) is 14.3. The molecule has 0 fully saturated rings. The van der Waals surface area contributed by atoms with Gasteiger partial charge in [-0.25, -0.2) is 19.2 Å². The molecule has 2 aliphatic rings. The second-order valence-corrected chi connectivity index (χ2v) is 12.5. The molecule has 0 saturated carbocycles. The van der Waals surface area contributed by atoms with Crippen LogP contribution in [-0.2, 0) is 27.1 Å². The van der Waals surface area contributed by atoms with Crippen molar-refractivity contribution in [3.05, 3.63) is 82.4 Å². The van der Waals surface area contributed by atoms with Crippen LogP contribution in [0.2, 0.25) is 0 Å². The third-order valence-corrected chi connectivity index (χ3v) is 6.64. The molecule has 0 unspecified atom stereocenters. The highest BCUT2D eigenvalue weighted by molar-refractivity contribution is 5.90. The summed E-state index contributed by atoms with van der Waals surface area (Å²) >= 11 is 0. The number of ether oxygens (including phenoxy) is 3. The van der Waals surface area contributed by atoms with Crippen LogP contribution in [0.25, 0.3) is 0 Å². The Morgan fingerprint density at radius 3 is 1.67 bits per heavy atom. The molecule has 0 saturated heterocycles. The first-order chi connectivity index (χ1) is 20.1. The standard InChI is InChI=1S/C18H23NO4.C15H19NO4/c1-5-10-22-16(20)13-6-8-14-12(11-13)7-9-15(14)19-17(21)23-18(2,3)4;1-15(2,3)20-14(19)16-12-7-5-9-8-10(13(17)18)4-6-11(9)12/h5-6,8,11,15H,1,7,9-10H2,2-4H3,(H,19,21);4,6,8,12H,5,7H2,1-3H3,(H,16,19)(H,17,18)/t15-;12-/m00/s1. The fraction of sp³-hybridized carbons (Fsp3) is 0.455. The SMILES string of the molecule is C=CCOC(=O)c1ccc2c(c1)CC[C@@H]2NC(=O)OC(C)(C)C.CC(C)(C)OC(=O)N[C@H]1CCc2cc(C(=O)O)ccc21. The van der Waals surface area contributed by atoms with E-state index >= 15 is 0 Å². The smallest absolute Gasteiger partial charge is 0.408 e. The molecule has 0 heterocycles. The minimum Gasteiger partial charge on any atom is -0.478 e. The molecule has 2 atom stereocenters. The predicted molar refractivity (Wildman–Crippen MR) is 161 cm³/mol. The normalized spacial score (nSPS) is 16.9. The lowest BCUT2D eigenvalue weighted by molar-refractivity contribution is 0.0492. The van der Waals surface area contributed by atoms with E-state index in [1.807, 2.05) is 53.7 Å². The summed E-state index contributed by atoms with van der Waals surface area (Å²) in [6.07, 6.45) is 3.78.